The van der Waals surface area contributed by atoms with Crippen LogP contribution in [0.5, 0.6) is 0 Å². The molecule has 0 spiro atoms. The fourth-order valence-corrected chi connectivity index (χ4v) is 6.72. The van der Waals surface area contributed by atoms with Crippen LogP contribution in [0.3, 0.4) is 0 Å². The van der Waals surface area contributed by atoms with E-state index in [2.05, 4.69) is 66.4 Å². The first-order valence-corrected chi connectivity index (χ1v) is 19.1. The highest BCUT2D eigenvalue weighted by Crippen LogP contribution is 2.25. The summed E-state index contributed by atoms with van der Waals surface area (Å²) in [5.74, 6) is 0. The van der Waals surface area contributed by atoms with Crippen molar-refractivity contribution in [2.45, 2.75) is 200 Å². The van der Waals surface area contributed by atoms with Gasteiger partial charge in [-0.2, -0.15) is 0 Å². The zero-order valence-corrected chi connectivity index (χ0v) is 28.5. The second kappa shape index (κ2) is 27.1. The lowest BCUT2D eigenvalue weighted by Gasteiger charge is -2.33. The van der Waals surface area contributed by atoms with Gasteiger partial charge in [-0.05, 0) is 24.8 Å². The Kier molecular flexibility index (Phi) is 23.7. The molecule has 2 rings (SSSR count). The third kappa shape index (κ3) is 19.0. The van der Waals surface area contributed by atoms with Crippen molar-refractivity contribution in [3.63, 3.8) is 0 Å². The van der Waals surface area contributed by atoms with E-state index in [0.717, 1.165) is 6.54 Å². The normalized spacial score (nSPS) is 14.9. The van der Waals surface area contributed by atoms with E-state index in [1.54, 1.807) is 0 Å². The molecule has 0 saturated carbocycles. The lowest BCUT2D eigenvalue weighted by molar-refractivity contribution is 0.132. The van der Waals surface area contributed by atoms with Crippen LogP contribution in [0, 0.1) is 0 Å². The third-order valence-corrected chi connectivity index (χ3v) is 9.51. The number of unbranched alkanes of at least 4 members (excludes halogenated alkanes) is 24. The van der Waals surface area contributed by atoms with Crippen molar-refractivity contribution in [2.24, 2.45) is 0 Å². The molecule has 242 valence electrons. The van der Waals surface area contributed by atoms with E-state index in [1.165, 1.54) is 185 Å². The van der Waals surface area contributed by atoms with Gasteiger partial charge in [0.1, 0.15) is 6.17 Å². The molecule has 0 aliphatic carbocycles. The molecule has 0 saturated heterocycles. The molecule has 2 heteroatoms. The van der Waals surface area contributed by atoms with Gasteiger partial charge in [0.15, 0.2) is 0 Å². The number of nitrogens with zero attached hydrogens (tertiary/aromatic N) is 2. The van der Waals surface area contributed by atoms with Crippen LogP contribution in [-0.4, -0.2) is 22.5 Å². The Bertz CT molecular complexity index is 714. The van der Waals surface area contributed by atoms with Gasteiger partial charge in [-0.15, -0.1) is 0 Å². The maximum atomic E-state index is 2.66. The monoisotopic (exact) mass is 581 g/mol. The number of benzene rings is 1. The van der Waals surface area contributed by atoms with E-state index in [4.69, 9.17) is 0 Å². The first-order chi connectivity index (χ1) is 20.8. The Labute approximate surface area is 264 Å². The molecule has 42 heavy (non-hydrogen) atoms. The highest BCUT2D eigenvalue weighted by molar-refractivity contribution is 5.16. The van der Waals surface area contributed by atoms with Crippen molar-refractivity contribution in [1.29, 1.82) is 0 Å². The Morgan fingerprint density at radius 1 is 0.429 bits per heavy atom. The van der Waals surface area contributed by atoms with Crippen molar-refractivity contribution in [2.75, 3.05) is 6.54 Å². The standard InChI is InChI=1S/C40H72N2/c1-3-5-7-9-11-13-14-15-16-17-18-19-20-21-23-25-30-34-40-41(35-31-26-24-22-12-10-8-6-4-2)36-37-42(40)38-39-32-28-27-29-33-39/h27-29,32-33,36-37,40H,3-26,30-31,34-35,38H2,1-2H3. The van der Waals surface area contributed by atoms with Crippen LogP contribution >= 0.6 is 0 Å². The molecule has 0 bridgehead atoms. The first-order valence-electron chi connectivity index (χ1n) is 19.1. The van der Waals surface area contributed by atoms with Crippen molar-refractivity contribution < 1.29 is 0 Å². The summed E-state index contributed by atoms with van der Waals surface area (Å²) in [7, 11) is 0. The van der Waals surface area contributed by atoms with Crippen LogP contribution < -0.4 is 0 Å². The molecule has 1 aliphatic heterocycles. The summed E-state index contributed by atoms with van der Waals surface area (Å²) in [5.41, 5.74) is 1.43. The highest BCUT2D eigenvalue weighted by Gasteiger charge is 2.25. The number of hydrogen-bond acceptors (Lipinski definition) is 2. The Hall–Kier alpha value is -1.44. The average Bonchev–Trinajstić information content (AvgIpc) is 3.39. The van der Waals surface area contributed by atoms with Crippen LogP contribution in [0.15, 0.2) is 42.7 Å². The first kappa shape index (κ1) is 36.8. The molecule has 1 heterocycles. The minimum absolute atomic E-state index is 0.551. The van der Waals surface area contributed by atoms with Crippen molar-refractivity contribution in [3.05, 3.63) is 48.3 Å². The van der Waals surface area contributed by atoms with Gasteiger partial charge >= 0.3 is 0 Å². The Balaban J connectivity index is 1.52. The Morgan fingerprint density at radius 3 is 1.26 bits per heavy atom. The van der Waals surface area contributed by atoms with Gasteiger partial charge < -0.3 is 9.80 Å². The number of hydrogen-bond donors (Lipinski definition) is 0. The Morgan fingerprint density at radius 2 is 0.810 bits per heavy atom. The van der Waals surface area contributed by atoms with Crippen molar-refractivity contribution in [3.8, 4) is 0 Å². The third-order valence-electron chi connectivity index (χ3n) is 9.51. The summed E-state index contributed by atoms with van der Waals surface area (Å²) >= 11 is 0. The summed E-state index contributed by atoms with van der Waals surface area (Å²) in [5, 5.41) is 0. The summed E-state index contributed by atoms with van der Waals surface area (Å²) in [6, 6.07) is 11.1. The number of rotatable bonds is 30. The lowest BCUT2D eigenvalue weighted by atomic mass is 10.0. The average molecular weight is 581 g/mol. The molecule has 0 fully saturated rings. The molecular weight excluding hydrogens is 508 g/mol. The molecular formula is C40H72N2. The van der Waals surface area contributed by atoms with Gasteiger partial charge in [-0.1, -0.05) is 198 Å². The van der Waals surface area contributed by atoms with E-state index >= 15 is 0 Å². The van der Waals surface area contributed by atoms with E-state index in [9.17, 15) is 0 Å². The van der Waals surface area contributed by atoms with Crippen LogP contribution in [0.1, 0.15) is 193 Å². The van der Waals surface area contributed by atoms with Gasteiger partial charge in [0.2, 0.25) is 0 Å². The SMILES string of the molecule is CCCCCCCCCCCCCCCCCCCC1N(CCCCCCCCCCC)C=CN1Cc1ccccc1. The van der Waals surface area contributed by atoms with Crippen molar-refractivity contribution in [1.82, 2.24) is 9.80 Å². The van der Waals surface area contributed by atoms with Crippen LogP contribution in [0.25, 0.3) is 0 Å². The smallest absolute Gasteiger partial charge is 0.101 e. The molecule has 1 aliphatic rings. The topological polar surface area (TPSA) is 6.48 Å². The van der Waals surface area contributed by atoms with Gasteiger partial charge in [0, 0.05) is 25.5 Å². The molecule has 1 aromatic carbocycles. The second-order valence-corrected chi connectivity index (χ2v) is 13.4. The summed E-state index contributed by atoms with van der Waals surface area (Å²) in [4.78, 5) is 5.27. The highest BCUT2D eigenvalue weighted by atomic mass is 15.4. The molecule has 0 aromatic heterocycles. The van der Waals surface area contributed by atoms with E-state index in [0.29, 0.717) is 6.17 Å². The fraction of sp³-hybridized carbons (Fsp3) is 0.800. The lowest BCUT2D eigenvalue weighted by Crippen LogP contribution is -2.38. The second-order valence-electron chi connectivity index (χ2n) is 13.4. The van der Waals surface area contributed by atoms with E-state index in [1.807, 2.05) is 0 Å². The van der Waals surface area contributed by atoms with Crippen LogP contribution in [-0.2, 0) is 6.54 Å². The summed E-state index contributed by atoms with van der Waals surface area (Å²) < 4.78 is 0. The summed E-state index contributed by atoms with van der Waals surface area (Å²) in [6.45, 7) is 6.88. The maximum absolute atomic E-state index is 2.66. The van der Waals surface area contributed by atoms with Crippen molar-refractivity contribution >= 4 is 0 Å². The maximum Gasteiger partial charge on any atom is 0.101 e. The van der Waals surface area contributed by atoms with Gasteiger partial charge in [-0.3, -0.25) is 0 Å². The summed E-state index contributed by atoms with van der Waals surface area (Å²) in [6.07, 6.45) is 43.9. The minimum atomic E-state index is 0.551. The predicted octanol–water partition coefficient (Wildman–Crippen LogP) is 13.2. The van der Waals surface area contributed by atoms with Gasteiger partial charge in [0.05, 0.1) is 0 Å². The molecule has 0 amide bonds. The predicted molar refractivity (Wildman–Crippen MR) is 188 cm³/mol. The molecule has 1 unspecified atom stereocenters. The zero-order chi connectivity index (χ0) is 29.8. The van der Waals surface area contributed by atoms with Crippen LogP contribution in [0.4, 0.5) is 0 Å². The quantitative estimate of drug-likeness (QED) is 0.0835. The minimum Gasteiger partial charge on any atom is -0.356 e. The zero-order valence-electron chi connectivity index (χ0n) is 28.5. The van der Waals surface area contributed by atoms with E-state index in [-0.39, 0.29) is 0 Å². The largest absolute Gasteiger partial charge is 0.356 e. The van der Waals surface area contributed by atoms with Crippen LogP contribution in [0.2, 0.25) is 0 Å². The van der Waals surface area contributed by atoms with Gasteiger partial charge in [0.25, 0.3) is 0 Å². The molecule has 1 atom stereocenters. The molecule has 0 radical (unpaired) electrons. The van der Waals surface area contributed by atoms with Gasteiger partial charge in [-0.25, -0.2) is 0 Å². The molecule has 1 aromatic rings. The van der Waals surface area contributed by atoms with E-state index < -0.39 is 0 Å². The fourth-order valence-electron chi connectivity index (χ4n) is 6.72. The molecule has 2 nitrogen and oxygen atoms in total. The molecule has 0 N–H and O–H groups in total.